The third kappa shape index (κ3) is 1.74. The molecule has 11 heavy (non-hydrogen) atoms. The molecule has 62 valence electrons. The second kappa shape index (κ2) is 2.85. The Kier molecular flexibility index (Phi) is 2.23. The SMILES string of the molecule is CC1CCC(C)(C)C(C#N)C1. The van der Waals surface area contributed by atoms with Gasteiger partial charge in [0.25, 0.3) is 0 Å². The summed E-state index contributed by atoms with van der Waals surface area (Å²) < 4.78 is 0. The van der Waals surface area contributed by atoms with Crippen LogP contribution in [0.2, 0.25) is 0 Å². The molecule has 0 spiro atoms. The van der Waals surface area contributed by atoms with Crippen molar-refractivity contribution < 1.29 is 0 Å². The summed E-state index contributed by atoms with van der Waals surface area (Å²) >= 11 is 0. The maximum absolute atomic E-state index is 8.89. The molecule has 0 aromatic rings. The monoisotopic (exact) mass is 151 g/mol. The topological polar surface area (TPSA) is 23.8 Å². The highest BCUT2D eigenvalue weighted by Crippen LogP contribution is 2.42. The van der Waals surface area contributed by atoms with Crippen molar-refractivity contribution in [2.45, 2.75) is 40.0 Å². The van der Waals surface area contributed by atoms with Crippen LogP contribution in [0.5, 0.6) is 0 Å². The lowest BCUT2D eigenvalue weighted by molar-refractivity contribution is 0.145. The molecular formula is C10H17N. The molecule has 1 aliphatic rings. The van der Waals surface area contributed by atoms with Gasteiger partial charge in [0.1, 0.15) is 0 Å². The van der Waals surface area contributed by atoms with Crippen molar-refractivity contribution in [3.8, 4) is 6.07 Å². The van der Waals surface area contributed by atoms with Gasteiger partial charge in [0.15, 0.2) is 0 Å². The highest BCUT2D eigenvalue weighted by Gasteiger charge is 2.34. The van der Waals surface area contributed by atoms with Crippen LogP contribution in [0.4, 0.5) is 0 Å². The highest BCUT2D eigenvalue weighted by atomic mass is 14.4. The van der Waals surface area contributed by atoms with E-state index in [1.165, 1.54) is 12.8 Å². The number of hydrogen-bond donors (Lipinski definition) is 0. The summed E-state index contributed by atoms with van der Waals surface area (Å²) in [6.45, 7) is 6.68. The molecule has 1 fully saturated rings. The van der Waals surface area contributed by atoms with Crippen LogP contribution in [0.1, 0.15) is 40.0 Å². The molecule has 0 aliphatic heterocycles. The summed E-state index contributed by atoms with van der Waals surface area (Å²) in [5, 5.41) is 8.89. The molecule has 2 atom stereocenters. The Labute approximate surface area is 69.4 Å². The van der Waals surface area contributed by atoms with Crippen LogP contribution in [-0.4, -0.2) is 0 Å². The smallest absolute Gasteiger partial charge is 0.0661 e. The van der Waals surface area contributed by atoms with Crippen LogP contribution in [0.3, 0.4) is 0 Å². The molecule has 0 saturated heterocycles. The van der Waals surface area contributed by atoms with E-state index in [0.29, 0.717) is 0 Å². The molecular weight excluding hydrogens is 134 g/mol. The third-order valence-electron chi connectivity index (χ3n) is 3.02. The van der Waals surface area contributed by atoms with Crippen molar-refractivity contribution >= 4 is 0 Å². The highest BCUT2D eigenvalue weighted by molar-refractivity contribution is 4.97. The molecule has 0 aromatic carbocycles. The largest absolute Gasteiger partial charge is 0.198 e. The van der Waals surface area contributed by atoms with E-state index in [4.69, 9.17) is 5.26 Å². The zero-order valence-electron chi connectivity index (χ0n) is 7.72. The molecule has 0 aromatic heterocycles. The van der Waals surface area contributed by atoms with E-state index in [1.54, 1.807) is 0 Å². The first-order chi connectivity index (χ1) is 5.06. The summed E-state index contributed by atoms with van der Waals surface area (Å²) in [5.41, 5.74) is 0.265. The summed E-state index contributed by atoms with van der Waals surface area (Å²) in [6, 6.07) is 2.42. The molecule has 0 N–H and O–H groups in total. The van der Waals surface area contributed by atoms with Gasteiger partial charge < -0.3 is 0 Å². The normalized spacial score (nSPS) is 36.2. The first-order valence-corrected chi connectivity index (χ1v) is 4.46. The predicted octanol–water partition coefficient (Wildman–Crippen LogP) is 2.97. The van der Waals surface area contributed by atoms with Gasteiger partial charge >= 0.3 is 0 Å². The summed E-state index contributed by atoms with van der Waals surface area (Å²) in [7, 11) is 0. The standard InChI is InChI=1S/C10H17N/c1-8-4-5-10(2,3)9(6-8)7-11/h8-9H,4-6H2,1-3H3. The van der Waals surface area contributed by atoms with Gasteiger partial charge in [0.2, 0.25) is 0 Å². The van der Waals surface area contributed by atoms with Gasteiger partial charge in [-0.1, -0.05) is 27.2 Å². The Balaban J connectivity index is 2.65. The number of rotatable bonds is 0. The van der Waals surface area contributed by atoms with Crippen molar-refractivity contribution in [2.75, 3.05) is 0 Å². The van der Waals surface area contributed by atoms with Gasteiger partial charge in [-0.2, -0.15) is 5.26 Å². The van der Waals surface area contributed by atoms with Crippen molar-refractivity contribution in [1.29, 1.82) is 5.26 Å². The molecule has 1 aliphatic carbocycles. The average Bonchev–Trinajstić information content (AvgIpc) is 1.94. The molecule has 1 nitrogen and oxygen atoms in total. The molecule has 2 unspecified atom stereocenters. The van der Waals surface area contributed by atoms with Crippen molar-refractivity contribution in [3.05, 3.63) is 0 Å². The molecule has 1 saturated carbocycles. The lowest BCUT2D eigenvalue weighted by Gasteiger charge is -2.37. The first kappa shape index (κ1) is 8.59. The second-order valence-electron chi connectivity index (χ2n) is 4.55. The molecule has 0 radical (unpaired) electrons. The van der Waals surface area contributed by atoms with Gasteiger partial charge in [0.05, 0.1) is 12.0 Å². The Bertz CT molecular complexity index is 176. The van der Waals surface area contributed by atoms with Gasteiger partial charge in [-0.15, -0.1) is 0 Å². The summed E-state index contributed by atoms with van der Waals surface area (Å²) in [4.78, 5) is 0. The van der Waals surface area contributed by atoms with Crippen LogP contribution in [0.15, 0.2) is 0 Å². The maximum atomic E-state index is 8.89. The Morgan fingerprint density at radius 3 is 2.55 bits per heavy atom. The zero-order chi connectivity index (χ0) is 8.48. The summed E-state index contributed by atoms with van der Waals surface area (Å²) in [6.07, 6.45) is 3.61. The lowest BCUT2D eigenvalue weighted by Crippen LogP contribution is -2.29. The van der Waals surface area contributed by atoms with Crippen molar-refractivity contribution in [3.63, 3.8) is 0 Å². The number of nitriles is 1. The molecule has 1 heteroatoms. The quantitative estimate of drug-likeness (QED) is 0.522. The fourth-order valence-corrected chi connectivity index (χ4v) is 1.86. The molecule has 0 bridgehead atoms. The van der Waals surface area contributed by atoms with Gasteiger partial charge in [-0.25, -0.2) is 0 Å². The van der Waals surface area contributed by atoms with Crippen LogP contribution in [0, 0.1) is 28.6 Å². The minimum absolute atomic E-state index is 0.265. The maximum Gasteiger partial charge on any atom is 0.0661 e. The summed E-state index contributed by atoms with van der Waals surface area (Å²) in [5.74, 6) is 1.04. The van der Waals surface area contributed by atoms with Gasteiger partial charge in [-0.05, 0) is 24.2 Å². The number of hydrogen-bond acceptors (Lipinski definition) is 1. The van der Waals surface area contributed by atoms with Crippen molar-refractivity contribution in [2.24, 2.45) is 17.3 Å². The Hall–Kier alpha value is -0.510. The van der Waals surface area contributed by atoms with E-state index in [1.807, 2.05) is 0 Å². The van der Waals surface area contributed by atoms with Crippen LogP contribution in [0.25, 0.3) is 0 Å². The fraction of sp³-hybridized carbons (Fsp3) is 0.900. The predicted molar refractivity (Wildman–Crippen MR) is 45.9 cm³/mol. The average molecular weight is 151 g/mol. The Morgan fingerprint density at radius 2 is 2.09 bits per heavy atom. The molecule has 0 amide bonds. The fourth-order valence-electron chi connectivity index (χ4n) is 1.86. The van der Waals surface area contributed by atoms with Crippen LogP contribution < -0.4 is 0 Å². The molecule has 0 heterocycles. The van der Waals surface area contributed by atoms with E-state index < -0.39 is 0 Å². The first-order valence-electron chi connectivity index (χ1n) is 4.46. The van der Waals surface area contributed by atoms with E-state index in [0.717, 1.165) is 12.3 Å². The number of nitrogens with zero attached hydrogens (tertiary/aromatic N) is 1. The third-order valence-corrected chi connectivity index (χ3v) is 3.02. The van der Waals surface area contributed by atoms with Gasteiger partial charge in [-0.3, -0.25) is 0 Å². The lowest BCUT2D eigenvalue weighted by atomic mass is 9.66. The molecule has 1 rings (SSSR count). The van der Waals surface area contributed by atoms with Gasteiger partial charge in [0, 0.05) is 0 Å². The zero-order valence-corrected chi connectivity index (χ0v) is 7.72. The second-order valence-corrected chi connectivity index (χ2v) is 4.55. The minimum atomic E-state index is 0.265. The van der Waals surface area contributed by atoms with E-state index >= 15 is 0 Å². The minimum Gasteiger partial charge on any atom is -0.198 e. The van der Waals surface area contributed by atoms with Crippen LogP contribution >= 0.6 is 0 Å². The van der Waals surface area contributed by atoms with E-state index in [-0.39, 0.29) is 11.3 Å². The Morgan fingerprint density at radius 1 is 1.45 bits per heavy atom. The van der Waals surface area contributed by atoms with Crippen molar-refractivity contribution in [1.82, 2.24) is 0 Å². The van der Waals surface area contributed by atoms with E-state index in [2.05, 4.69) is 26.8 Å². The van der Waals surface area contributed by atoms with E-state index in [9.17, 15) is 0 Å². The van der Waals surface area contributed by atoms with Crippen LogP contribution in [-0.2, 0) is 0 Å².